The van der Waals surface area contributed by atoms with E-state index in [0.717, 1.165) is 30.0 Å². The molecule has 1 aromatic carbocycles. The molecule has 0 radical (unpaired) electrons. The van der Waals surface area contributed by atoms with Crippen molar-refractivity contribution in [3.63, 3.8) is 0 Å². The Morgan fingerprint density at radius 2 is 1.88 bits per heavy atom. The van der Waals surface area contributed by atoms with E-state index < -0.39 is 0 Å². The van der Waals surface area contributed by atoms with Gasteiger partial charge in [0.05, 0.1) is 0 Å². The van der Waals surface area contributed by atoms with Crippen molar-refractivity contribution in [2.45, 2.75) is 38.3 Å². The molecule has 1 aromatic heterocycles. The normalized spacial score (nSPS) is 21.8. The van der Waals surface area contributed by atoms with Crippen LogP contribution in [0.5, 0.6) is 0 Å². The number of para-hydroxylation sites is 1. The second-order valence-corrected chi connectivity index (χ2v) is 7.74. The van der Waals surface area contributed by atoms with Gasteiger partial charge >= 0.3 is 0 Å². The summed E-state index contributed by atoms with van der Waals surface area (Å²) in [7, 11) is 2.07. The molecule has 1 unspecified atom stereocenters. The van der Waals surface area contributed by atoms with Crippen molar-refractivity contribution >= 4 is 11.5 Å². The fourth-order valence-corrected chi connectivity index (χ4v) is 4.38. The predicted octanol–water partition coefficient (Wildman–Crippen LogP) is 3.81. The van der Waals surface area contributed by atoms with Crippen molar-refractivity contribution in [3.05, 3.63) is 54.2 Å². The molecule has 3 heterocycles. The molecule has 1 N–H and O–H groups in total. The summed E-state index contributed by atoms with van der Waals surface area (Å²) < 4.78 is 0. The van der Waals surface area contributed by atoms with Gasteiger partial charge in [0.2, 0.25) is 0 Å². The molecule has 0 spiro atoms. The fourth-order valence-electron chi connectivity index (χ4n) is 4.38. The first-order valence-electron chi connectivity index (χ1n) is 9.99. The molecule has 138 valence electrons. The Hall–Kier alpha value is -1.91. The Balaban J connectivity index is 1.30. The van der Waals surface area contributed by atoms with Crippen LogP contribution in [0.4, 0.5) is 11.5 Å². The number of pyridine rings is 1. The van der Waals surface area contributed by atoms with E-state index in [-0.39, 0.29) is 0 Å². The van der Waals surface area contributed by atoms with Gasteiger partial charge in [-0.3, -0.25) is 4.90 Å². The van der Waals surface area contributed by atoms with Crippen LogP contribution < -0.4 is 10.2 Å². The van der Waals surface area contributed by atoms with E-state index >= 15 is 0 Å². The molecular formula is C22H30N4. The van der Waals surface area contributed by atoms with Gasteiger partial charge in [-0.2, -0.15) is 0 Å². The van der Waals surface area contributed by atoms with Crippen LogP contribution in [0.1, 0.15) is 31.2 Å². The second kappa shape index (κ2) is 8.19. The van der Waals surface area contributed by atoms with Gasteiger partial charge in [-0.05, 0) is 75.0 Å². The third-order valence-corrected chi connectivity index (χ3v) is 6.00. The van der Waals surface area contributed by atoms with Crippen LogP contribution in [-0.2, 0) is 6.54 Å². The molecule has 2 saturated heterocycles. The lowest BCUT2D eigenvalue weighted by atomic mass is 9.88. The van der Waals surface area contributed by atoms with E-state index in [4.69, 9.17) is 0 Å². The summed E-state index contributed by atoms with van der Waals surface area (Å²) in [6, 6.07) is 15.5. The van der Waals surface area contributed by atoms with Crippen LogP contribution in [0.25, 0.3) is 0 Å². The van der Waals surface area contributed by atoms with E-state index in [9.17, 15) is 0 Å². The van der Waals surface area contributed by atoms with Crippen LogP contribution in [0, 0.1) is 5.92 Å². The molecule has 2 aliphatic heterocycles. The van der Waals surface area contributed by atoms with E-state index in [1.165, 1.54) is 50.9 Å². The number of piperidine rings is 1. The van der Waals surface area contributed by atoms with Crippen molar-refractivity contribution in [3.8, 4) is 0 Å². The summed E-state index contributed by atoms with van der Waals surface area (Å²) >= 11 is 0. The van der Waals surface area contributed by atoms with Gasteiger partial charge in [0.25, 0.3) is 0 Å². The number of likely N-dealkylation sites (tertiary alicyclic amines) is 1. The summed E-state index contributed by atoms with van der Waals surface area (Å²) in [5.41, 5.74) is 2.47. The van der Waals surface area contributed by atoms with Gasteiger partial charge < -0.3 is 10.2 Å². The largest absolute Gasteiger partial charge is 0.329 e. The number of rotatable bonds is 5. The molecule has 26 heavy (non-hydrogen) atoms. The highest BCUT2D eigenvalue weighted by atomic mass is 15.2. The maximum atomic E-state index is 4.69. The maximum Gasteiger partial charge on any atom is 0.132 e. The van der Waals surface area contributed by atoms with Gasteiger partial charge in [0.1, 0.15) is 5.82 Å². The summed E-state index contributed by atoms with van der Waals surface area (Å²) in [5, 5.41) is 3.69. The molecular weight excluding hydrogens is 320 g/mol. The third kappa shape index (κ3) is 4.08. The molecule has 0 bridgehead atoms. The first-order chi connectivity index (χ1) is 12.8. The molecule has 2 aromatic rings. The SMILES string of the molecule is CN(c1ccccc1)c1ccc(CN2CCC(C3CCCN3)CC2)cn1. The molecule has 4 rings (SSSR count). The van der Waals surface area contributed by atoms with E-state index in [0.29, 0.717) is 0 Å². The Morgan fingerprint density at radius 3 is 2.54 bits per heavy atom. The van der Waals surface area contributed by atoms with Crippen molar-refractivity contribution < 1.29 is 0 Å². The molecule has 0 amide bonds. The lowest BCUT2D eigenvalue weighted by Crippen LogP contribution is -2.40. The smallest absolute Gasteiger partial charge is 0.132 e. The molecule has 2 fully saturated rings. The minimum Gasteiger partial charge on any atom is -0.329 e. The Bertz CT molecular complexity index is 671. The lowest BCUT2D eigenvalue weighted by molar-refractivity contribution is 0.157. The minimum atomic E-state index is 0.784. The first kappa shape index (κ1) is 17.5. The van der Waals surface area contributed by atoms with E-state index in [1.807, 2.05) is 12.3 Å². The van der Waals surface area contributed by atoms with Crippen molar-refractivity contribution in [2.24, 2.45) is 5.92 Å². The minimum absolute atomic E-state index is 0.784. The van der Waals surface area contributed by atoms with Gasteiger partial charge in [0.15, 0.2) is 0 Å². The number of aromatic nitrogens is 1. The van der Waals surface area contributed by atoms with Gasteiger partial charge in [-0.1, -0.05) is 24.3 Å². The van der Waals surface area contributed by atoms with Crippen LogP contribution in [0.3, 0.4) is 0 Å². The number of nitrogens with zero attached hydrogens (tertiary/aromatic N) is 3. The molecule has 2 aliphatic rings. The van der Waals surface area contributed by atoms with E-state index in [1.54, 1.807) is 0 Å². The Labute approximate surface area is 157 Å². The molecule has 0 saturated carbocycles. The van der Waals surface area contributed by atoms with Crippen LogP contribution in [0.15, 0.2) is 48.7 Å². The van der Waals surface area contributed by atoms with Gasteiger partial charge in [0, 0.05) is 31.5 Å². The van der Waals surface area contributed by atoms with Crippen molar-refractivity contribution in [1.82, 2.24) is 15.2 Å². The lowest BCUT2D eigenvalue weighted by Gasteiger charge is -2.34. The van der Waals surface area contributed by atoms with Crippen LogP contribution in [0.2, 0.25) is 0 Å². The Morgan fingerprint density at radius 1 is 1.08 bits per heavy atom. The number of nitrogens with one attached hydrogen (secondary N) is 1. The number of hydrogen-bond acceptors (Lipinski definition) is 4. The summed E-state index contributed by atoms with van der Waals surface area (Å²) in [5.74, 6) is 1.87. The molecule has 4 heteroatoms. The van der Waals surface area contributed by atoms with Gasteiger partial charge in [-0.25, -0.2) is 4.98 Å². The summed E-state index contributed by atoms with van der Waals surface area (Å²) in [6.45, 7) is 4.68. The quantitative estimate of drug-likeness (QED) is 0.888. The fraction of sp³-hybridized carbons (Fsp3) is 0.500. The Kier molecular flexibility index (Phi) is 5.51. The highest BCUT2D eigenvalue weighted by Crippen LogP contribution is 2.27. The second-order valence-electron chi connectivity index (χ2n) is 7.74. The average molecular weight is 351 g/mol. The van der Waals surface area contributed by atoms with Gasteiger partial charge in [-0.15, -0.1) is 0 Å². The van der Waals surface area contributed by atoms with Crippen LogP contribution in [-0.4, -0.2) is 42.6 Å². The maximum absolute atomic E-state index is 4.69. The average Bonchev–Trinajstić information content (AvgIpc) is 3.24. The topological polar surface area (TPSA) is 31.4 Å². The zero-order valence-corrected chi connectivity index (χ0v) is 15.8. The first-order valence-corrected chi connectivity index (χ1v) is 9.99. The zero-order valence-electron chi connectivity index (χ0n) is 15.8. The molecule has 0 aliphatic carbocycles. The zero-order chi connectivity index (χ0) is 17.8. The highest BCUT2D eigenvalue weighted by Gasteiger charge is 2.28. The number of anilines is 2. The standard InChI is InChI=1S/C22H30N4/c1-25(20-6-3-2-4-7-20)22-10-9-18(16-24-22)17-26-14-11-19(12-15-26)21-8-5-13-23-21/h2-4,6-7,9-10,16,19,21,23H,5,8,11-15,17H2,1H3. The van der Waals surface area contributed by atoms with Crippen LogP contribution >= 0.6 is 0 Å². The third-order valence-electron chi connectivity index (χ3n) is 6.00. The predicted molar refractivity (Wildman–Crippen MR) is 108 cm³/mol. The summed E-state index contributed by atoms with van der Waals surface area (Å²) in [4.78, 5) is 9.40. The monoisotopic (exact) mass is 350 g/mol. The number of hydrogen-bond donors (Lipinski definition) is 1. The molecule has 1 atom stereocenters. The number of benzene rings is 1. The molecule has 4 nitrogen and oxygen atoms in total. The van der Waals surface area contributed by atoms with Crippen molar-refractivity contribution in [1.29, 1.82) is 0 Å². The van der Waals surface area contributed by atoms with E-state index in [2.05, 4.69) is 63.5 Å². The van der Waals surface area contributed by atoms with Crippen molar-refractivity contribution in [2.75, 3.05) is 31.6 Å². The highest BCUT2D eigenvalue weighted by molar-refractivity contribution is 5.58. The summed E-state index contributed by atoms with van der Waals surface area (Å²) in [6.07, 6.45) is 7.45.